The van der Waals surface area contributed by atoms with Crippen molar-refractivity contribution in [2.75, 3.05) is 18.5 Å². The van der Waals surface area contributed by atoms with Gasteiger partial charge >= 0.3 is 0 Å². The molecule has 1 aromatic carbocycles. The Balaban J connectivity index is 2.80. The number of nitrogens with one attached hydrogen (secondary N) is 1. The summed E-state index contributed by atoms with van der Waals surface area (Å²) in [5, 5.41) is 2.83. The van der Waals surface area contributed by atoms with Crippen molar-refractivity contribution in [1.29, 1.82) is 0 Å². The predicted octanol–water partition coefficient (Wildman–Crippen LogP) is 2.06. The monoisotopic (exact) mass is 274 g/mol. The standard InChI is InChI=1S/C16H22N2O2/c1-12-7-8-13(6-5-9-17)14(10-12)18-15(19)11-20-16(2,3)4/h7-8,10H,9,11,17H2,1-4H3,(H,18,19). The number of nitrogens with two attached hydrogens (primary N) is 1. The van der Waals surface area contributed by atoms with E-state index in [1.807, 2.05) is 45.9 Å². The summed E-state index contributed by atoms with van der Waals surface area (Å²) in [6.45, 7) is 7.98. The molecular formula is C16H22N2O2. The Morgan fingerprint density at radius 3 is 2.70 bits per heavy atom. The molecule has 0 aromatic heterocycles. The first kappa shape index (κ1) is 16.2. The number of hydrogen-bond donors (Lipinski definition) is 2. The van der Waals surface area contributed by atoms with Crippen LogP contribution in [0.25, 0.3) is 0 Å². The highest BCUT2D eigenvalue weighted by molar-refractivity contribution is 5.93. The normalized spacial score (nSPS) is 10.7. The van der Waals surface area contributed by atoms with Gasteiger partial charge in [-0.05, 0) is 45.4 Å². The molecule has 0 radical (unpaired) electrons. The van der Waals surface area contributed by atoms with Crippen LogP contribution in [0.15, 0.2) is 18.2 Å². The van der Waals surface area contributed by atoms with Gasteiger partial charge in [-0.25, -0.2) is 0 Å². The molecule has 0 aliphatic heterocycles. The smallest absolute Gasteiger partial charge is 0.250 e. The van der Waals surface area contributed by atoms with Crippen LogP contribution in [-0.4, -0.2) is 24.7 Å². The largest absolute Gasteiger partial charge is 0.366 e. The van der Waals surface area contributed by atoms with Crippen molar-refractivity contribution in [3.05, 3.63) is 29.3 Å². The molecule has 1 aromatic rings. The quantitative estimate of drug-likeness (QED) is 0.829. The molecule has 0 fully saturated rings. The second-order valence-corrected chi connectivity index (χ2v) is 5.50. The molecule has 0 aliphatic carbocycles. The molecule has 0 heterocycles. The van der Waals surface area contributed by atoms with E-state index in [-0.39, 0.29) is 24.7 Å². The average Bonchev–Trinajstić information content (AvgIpc) is 2.35. The summed E-state index contributed by atoms with van der Waals surface area (Å²) in [5.41, 5.74) is 7.53. The Morgan fingerprint density at radius 1 is 1.40 bits per heavy atom. The lowest BCUT2D eigenvalue weighted by Gasteiger charge is -2.19. The fourth-order valence-corrected chi connectivity index (χ4v) is 1.49. The fourth-order valence-electron chi connectivity index (χ4n) is 1.49. The lowest BCUT2D eigenvalue weighted by molar-refractivity contribution is -0.125. The highest BCUT2D eigenvalue weighted by Gasteiger charge is 2.13. The van der Waals surface area contributed by atoms with E-state index in [9.17, 15) is 4.79 Å². The first-order chi connectivity index (χ1) is 9.31. The van der Waals surface area contributed by atoms with Gasteiger partial charge < -0.3 is 15.8 Å². The zero-order chi connectivity index (χ0) is 15.2. The summed E-state index contributed by atoms with van der Waals surface area (Å²) >= 11 is 0. The summed E-state index contributed by atoms with van der Waals surface area (Å²) < 4.78 is 5.45. The molecule has 1 rings (SSSR count). The van der Waals surface area contributed by atoms with Gasteiger partial charge in [0.2, 0.25) is 5.91 Å². The van der Waals surface area contributed by atoms with Gasteiger partial charge in [0.25, 0.3) is 0 Å². The van der Waals surface area contributed by atoms with E-state index in [0.29, 0.717) is 5.69 Å². The Kier molecular flexibility index (Phi) is 5.75. The van der Waals surface area contributed by atoms with Crippen LogP contribution < -0.4 is 11.1 Å². The van der Waals surface area contributed by atoms with Gasteiger partial charge in [-0.2, -0.15) is 0 Å². The third-order valence-corrected chi connectivity index (χ3v) is 2.41. The molecule has 0 saturated carbocycles. The number of hydrogen-bond acceptors (Lipinski definition) is 3. The van der Waals surface area contributed by atoms with Gasteiger partial charge in [0, 0.05) is 5.56 Å². The zero-order valence-electron chi connectivity index (χ0n) is 12.5. The van der Waals surface area contributed by atoms with Crippen molar-refractivity contribution in [3.63, 3.8) is 0 Å². The molecule has 0 aliphatic rings. The number of benzene rings is 1. The molecule has 0 saturated heterocycles. The maximum atomic E-state index is 11.9. The Labute approximate surface area is 120 Å². The first-order valence-corrected chi connectivity index (χ1v) is 6.55. The lowest BCUT2D eigenvalue weighted by Crippen LogP contribution is -2.27. The third-order valence-electron chi connectivity index (χ3n) is 2.41. The zero-order valence-corrected chi connectivity index (χ0v) is 12.5. The van der Waals surface area contributed by atoms with Crippen LogP contribution in [0.5, 0.6) is 0 Å². The van der Waals surface area contributed by atoms with E-state index < -0.39 is 0 Å². The molecule has 108 valence electrons. The fraction of sp³-hybridized carbons (Fsp3) is 0.438. The Morgan fingerprint density at radius 2 is 2.10 bits per heavy atom. The molecule has 0 spiro atoms. The van der Waals surface area contributed by atoms with E-state index in [1.165, 1.54) is 0 Å². The van der Waals surface area contributed by atoms with Crippen LogP contribution in [-0.2, 0) is 9.53 Å². The summed E-state index contributed by atoms with van der Waals surface area (Å²) in [7, 11) is 0. The molecule has 0 bridgehead atoms. The predicted molar refractivity (Wildman–Crippen MR) is 81.4 cm³/mol. The molecule has 4 nitrogen and oxygen atoms in total. The Hall–Kier alpha value is -1.83. The van der Waals surface area contributed by atoms with Crippen molar-refractivity contribution in [1.82, 2.24) is 0 Å². The minimum atomic E-state index is -0.341. The molecule has 4 heteroatoms. The highest BCUT2D eigenvalue weighted by atomic mass is 16.5. The van der Waals surface area contributed by atoms with E-state index in [0.717, 1.165) is 11.1 Å². The summed E-state index contributed by atoms with van der Waals surface area (Å²) in [4.78, 5) is 11.9. The minimum Gasteiger partial charge on any atom is -0.366 e. The third kappa shape index (κ3) is 5.87. The number of amides is 1. The van der Waals surface area contributed by atoms with E-state index in [4.69, 9.17) is 10.5 Å². The van der Waals surface area contributed by atoms with Gasteiger partial charge in [0.1, 0.15) is 6.61 Å². The van der Waals surface area contributed by atoms with Crippen molar-refractivity contribution in [3.8, 4) is 11.8 Å². The SMILES string of the molecule is Cc1ccc(C#CCN)c(NC(=O)COC(C)(C)C)c1. The van der Waals surface area contributed by atoms with Crippen LogP contribution in [0, 0.1) is 18.8 Å². The van der Waals surface area contributed by atoms with Gasteiger partial charge in [0.05, 0.1) is 17.8 Å². The van der Waals surface area contributed by atoms with Crippen LogP contribution in [0.4, 0.5) is 5.69 Å². The number of carbonyl (C=O) groups is 1. The average molecular weight is 274 g/mol. The molecule has 0 atom stereocenters. The number of rotatable bonds is 3. The number of aryl methyl sites for hydroxylation is 1. The summed E-state index contributed by atoms with van der Waals surface area (Å²) in [6, 6.07) is 5.70. The van der Waals surface area contributed by atoms with Gasteiger partial charge in [0.15, 0.2) is 0 Å². The number of anilines is 1. The van der Waals surface area contributed by atoms with Crippen molar-refractivity contribution < 1.29 is 9.53 Å². The van der Waals surface area contributed by atoms with E-state index in [2.05, 4.69) is 17.2 Å². The maximum Gasteiger partial charge on any atom is 0.250 e. The van der Waals surface area contributed by atoms with E-state index >= 15 is 0 Å². The summed E-state index contributed by atoms with van der Waals surface area (Å²) in [6.07, 6.45) is 0. The molecular weight excluding hydrogens is 252 g/mol. The molecule has 20 heavy (non-hydrogen) atoms. The van der Waals surface area contributed by atoms with Crippen molar-refractivity contribution in [2.24, 2.45) is 5.73 Å². The van der Waals surface area contributed by atoms with Crippen LogP contribution in [0.2, 0.25) is 0 Å². The minimum absolute atomic E-state index is 0.0151. The second-order valence-electron chi connectivity index (χ2n) is 5.50. The lowest BCUT2D eigenvalue weighted by atomic mass is 10.1. The molecule has 0 unspecified atom stereocenters. The van der Waals surface area contributed by atoms with Crippen molar-refractivity contribution >= 4 is 11.6 Å². The maximum absolute atomic E-state index is 11.9. The van der Waals surface area contributed by atoms with Gasteiger partial charge in [-0.15, -0.1) is 0 Å². The van der Waals surface area contributed by atoms with Crippen molar-refractivity contribution in [2.45, 2.75) is 33.3 Å². The molecule has 3 N–H and O–H groups in total. The van der Waals surface area contributed by atoms with E-state index in [1.54, 1.807) is 0 Å². The summed E-state index contributed by atoms with van der Waals surface area (Å²) in [5.74, 6) is 5.54. The van der Waals surface area contributed by atoms with Gasteiger partial charge in [-0.3, -0.25) is 4.79 Å². The number of ether oxygens (including phenoxy) is 1. The van der Waals surface area contributed by atoms with Gasteiger partial charge in [-0.1, -0.05) is 17.9 Å². The first-order valence-electron chi connectivity index (χ1n) is 6.55. The topological polar surface area (TPSA) is 64.3 Å². The van der Waals surface area contributed by atoms with Crippen LogP contribution in [0.1, 0.15) is 31.9 Å². The van der Waals surface area contributed by atoms with Crippen LogP contribution >= 0.6 is 0 Å². The Bertz CT molecular complexity index is 534. The second kappa shape index (κ2) is 7.09. The number of carbonyl (C=O) groups excluding carboxylic acids is 1. The molecule has 1 amide bonds. The highest BCUT2D eigenvalue weighted by Crippen LogP contribution is 2.17. The van der Waals surface area contributed by atoms with Crippen LogP contribution in [0.3, 0.4) is 0 Å².